The van der Waals surface area contributed by atoms with Crippen LogP contribution in [0, 0.1) is 13.8 Å². The molecule has 0 radical (unpaired) electrons. The van der Waals surface area contributed by atoms with E-state index in [4.69, 9.17) is 0 Å². The number of ketones is 1. The molecule has 0 amide bonds. The molecule has 24 heavy (non-hydrogen) atoms. The summed E-state index contributed by atoms with van der Waals surface area (Å²) < 4.78 is 0. The summed E-state index contributed by atoms with van der Waals surface area (Å²) in [4.78, 5) is 26.3. The van der Waals surface area contributed by atoms with Crippen molar-refractivity contribution in [2.24, 2.45) is 0 Å². The normalized spacial score (nSPS) is 11.2. The van der Waals surface area contributed by atoms with Crippen LogP contribution < -0.4 is 5.11 Å². The highest BCUT2D eigenvalue weighted by molar-refractivity contribution is 6.10. The molecule has 1 N–H and O–H groups in total. The Bertz CT molecular complexity index is 974. The molecule has 120 valence electrons. The standard InChI is InChI=1S/C20H17NO3/c1-12-18(13(2)21-19(12)20(23)24)17(22)11-10-15-8-5-7-14-6-3-4-9-16(14)15/h3-11,21H,1-2H3,(H,23,24)/p-1/b11-10+. The minimum absolute atomic E-state index is 0.0468. The number of rotatable bonds is 4. The number of nitrogens with one attached hydrogen (secondary N) is 1. The summed E-state index contributed by atoms with van der Waals surface area (Å²) in [6, 6.07) is 13.8. The number of carboxylic acids is 1. The van der Waals surface area contributed by atoms with E-state index in [1.807, 2.05) is 42.5 Å². The van der Waals surface area contributed by atoms with Gasteiger partial charge in [0.2, 0.25) is 0 Å². The van der Waals surface area contributed by atoms with Crippen molar-refractivity contribution >= 4 is 28.6 Å². The first kappa shape index (κ1) is 15.7. The summed E-state index contributed by atoms with van der Waals surface area (Å²) in [5.41, 5.74) is 2.20. The molecule has 4 heteroatoms. The van der Waals surface area contributed by atoms with Gasteiger partial charge in [0.05, 0.1) is 11.7 Å². The molecule has 0 atom stereocenters. The highest BCUT2D eigenvalue weighted by Gasteiger charge is 2.16. The Balaban J connectivity index is 1.98. The Labute approximate surface area is 139 Å². The molecule has 0 unspecified atom stereocenters. The number of H-pyrrole nitrogens is 1. The summed E-state index contributed by atoms with van der Waals surface area (Å²) in [6.45, 7) is 3.28. The molecule has 3 rings (SSSR count). The SMILES string of the molecule is Cc1[nH]c(C(=O)[O-])c(C)c1C(=O)/C=C/c1cccc2ccccc12. The fraction of sp³-hybridized carbons (Fsp3) is 0.100. The van der Waals surface area contributed by atoms with Gasteiger partial charge in [0.1, 0.15) is 0 Å². The molecule has 0 aliphatic heterocycles. The Morgan fingerprint density at radius 2 is 1.75 bits per heavy atom. The zero-order valence-corrected chi connectivity index (χ0v) is 13.4. The first-order chi connectivity index (χ1) is 11.5. The van der Waals surface area contributed by atoms with Gasteiger partial charge in [0.15, 0.2) is 5.78 Å². The van der Waals surface area contributed by atoms with Crippen molar-refractivity contribution in [3.63, 3.8) is 0 Å². The van der Waals surface area contributed by atoms with Crippen LogP contribution in [0.2, 0.25) is 0 Å². The van der Waals surface area contributed by atoms with Gasteiger partial charge in [0.25, 0.3) is 0 Å². The number of carboxylic acid groups (broad SMARTS) is 1. The summed E-state index contributed by atoms with van der Waals surface area (Å²) >= 11 is 0. The minimum Gasteiger partial charge on any atom is -0.543 e. The number of hydrogen-bond donors (Lipinski definition) is 1. The maximum atomic E-state index is 12.5. The van der Waals surface area contributed by atoms with Crippen molar-refractivity contribution in [3.05, 3.63) is 76.6 Å². The lowest BCUT2D eigenvalue weighted by Crippen LogP contribution is -2.23. The fourth-order valence-corrected chi connectivity index (χ4v) is 2.97. The number of aromatic amines is 1. The Kier molecular flexibility index (Phi) is 4.04. The summed E-state index contributed by atoms with van der Waals surface area (Å²) in [5, 5.41) is 13.2. The lowest BCUT2D eigenvalue weighted by atomic mass is 10.0. The largest absolute Gasteiger partial charge is 0.543 e. The molecule has 0 fully saturated rings. The number of aromatic nitrogens is 1. The van der Waals surface area contributed by atoms with Crippen LogP contribution in [0.25, 0.3) is 16.8 Å². The van der Waals surface area contributed by atoms with Gasteiger partial charge < -0.3 is 14.9 Å². The predicted molar refractivity (Wildman–Crippen MR) is 91.9 cm³/mol. The molecule has 0 saturated heterocycles. The van der Waals surface area contributed by atoms with Crippen LogP contribution in [0.15, 0.2) is 48.5 Å². The number of carbonyl (C=O) groups is 2. The fourth-order valence-electron chi connectivity index (χ4n) is 2.97. The monoisotopic (exact) mass is 318 g/mol. The van der Waals surface area contributed by atoms with Gasteiger partial charge in [-0.25, -0.2) is 0 Å². The average molecular weight is 318 g/mol. The van der Waals surface area contributed by atoms with Gasteiger partial charge in [-0.3, -0.25) is 4.79 Å². The predicted octanol–water partition coefficient (Wildman–Crippen LogP) is 3.04. The van der Waals surface area contributed by atoms with E-state index in [-0.39, 0.29) is 11.5 Å². The molecule has 0 spiro atoms. The van der Waals surface area contributed by atoms with Gasteiger partial charge in [-0.1, -0.05) is 48.5 Å². The number of carbonyl (C=O) groups excluding carboxylic acids is 2. The van der Waals surface area contributed by atoms with Crippen molar-refractivity contribution in [2.75, 3.05) is 0 Å². The van der Waals surface area contributed by atoms with Crippen LogP contribution in [0.3, 0.4) is 0 Å². The van der Waals surface area contributed by atoms with Gasteiger partial charge in [-0.2, -0.15) is 0 Å². The van der Waals surface area contributed by atoms with Crippen molar-refractivity contribution < 1.29 is 14.7 Å². The van der Waals surface area contributed by atoms with Crippen LogP contribution in [0.1, 0.15) is 37.7 Å². The smallest absolute Gasteiger partial charge is 0.187 e. The maximum Gasteiger partial charge on any atom is 0.187 e. The van der Waals surface area contributed by atoms with Crippen molar-refractivity contribution in [2.45, 2.75) is 13.8 Å². The second-order valence-corrected chi connectivity index (χ2v) is 5.68. The van der Waals surface area contributed by atoms with Gasteiger partial charge in [0, 0.05) is 11.3 Å². The number of hydrogen-bond acceptors (Lipinski definition) is 3. The van der Waals surface area contributed by atoms with Crippen molar-refractivity contribution in [1.82, 2.24) is 4.98 Å². The molecule has 1 heterocycles. The van der Waals surface area contributed by atoms with Crippen LogP contribution in [0.4, 0.5) is 0 Å². The highest BCUT2D eigenvalue weighted by Crippen LogP contribution is 2.22. The molecule has 0 aliphatic rings. The van der Waals surface area contributed by atoms with E-state index in [1.165, 1.54) is 6.08 Å². The zero-order chi connectivity index (χ0) is 17.3. The van der Waals surface area contributed by atoms with Crippen LogP contribution >= 0.6 is 0 Å². The third-order valence-electron chi connectivity index (χ3n) is 4.13. The van der Waals surface area contributed by atoms with E-state index in [0.717, 1.165) is 16.3 Å². The highest BCUT2D eigenvalue weighted by atomic mass is 16.4. The molecule has 2 aromatic carbocycles. The van der Waals surface area contributed by atoms with E-state index in [9.17, 15) is 14.7 Å². The zero-order valence-electron chi connectivity index (χ0n) is 13.4. The molecule has 0 bridgehead atoms. The summed E-state index contributed by atoms with van der Waals surface area (Å²) in [7, 11) is 0. The quantitative estimate of drug-likeness (QED) is 0.593. The number of benzene rings is 2. The van der Waals surface area contributed by atoms with E-state index in [2.05, 4.69) is 4.98 Å². The van der Waals surface area contributed by atoms with Crippen LogP contribution in [-0.4, -0.2) is 16.7 Å². The summed E-state index contributed by atoms with van der Waals surface area (Å²) in [6.07, 6.45) is 3.24. The van der Waals surface area contributed by atoms with E-state index in [1.54, 1.807) is 19.9 Å². The van der Waals surface area contributed by atoms with E-state index >= 15 is 0 Å². The van der Waals surface area contributed by atoms with Crippen molar-refractivity contribution in [1.29, 1.82) is 0 Å². The molecular weight excluding hydrogens is 302 g/mol. The average Bonchev–Trinajstić information content (AvgIpc) is 2.87. The summed E-state index contributed by atoms with van der Waals surface area (Å²) in [5.74, 6) is -1.55. The van der Waals surface area contributed by atoms with Crippen LogP contribution in [-0.2, 0) is 0 Å². The molecule has 1 aromatic heterocycles. The molecule has 3 aromatic rings. The first-order valence-electron chi connectivity index (χ1n) is 7.59. The second-order valence-electron chi connectivity index (χ2n) is 5.68. The first-order valence-corrected chi connectivity index (χ1v) is 7.59. The topological polar surface area (TPSA) is 73.0 Å². The molecule has 0 saturated carbocycles. The third-order valence-corrected chi connectivity index (χ3v) is 4.13. The number of aromatic carboxylic acids is 1. The molecule has 4 nitrogen and oxygen atoms in total. The number of allylic oxidation sites excluding steroid dienone is 1. The number of fused-ring (bicyclic) bond motifs is 1. The van der Waals surface area contributed by atoms with E-state index in [0.29, 0.717) is 16.8 Å². The third kappa shape index (κ3) is 2.74. The Hall–Kier alpha value is -3.14. The second kappa shape index (κ2) is 6.16. The molecular formula is C20H16NO3-. The van der Waals surface area contributed by atoms with Gasteiger partial charge in [-0.15, -0.1) is 0 Å². The molecule has 0 aliphatic carbocycles. The van der Waals surface area contributed by atoms with E-state index < -0.39 is 5.97 Å². The Morgan fingerprint density at radius 1 is 1.04 bits per heavy atom. The Morgan fingerprint density at radius 3 is 2.46 bits per heavy atom. The minimum atomic E-state index is -1.31. The van der Waals surface area contributed by atoms with Gasteiger partial charge in [-0.05, 0) is 41.8 Å². The van der Waals surface area contributed by atoms with Crippen LogP contribution in [0.5, 0.6) is 0 Å². The lowest BCUT2D eigenvalue weighted by Gasteiger charge is -2.02. The van der Waals surface area contributed by atoms with Crippen molar-refractivity contribution in [3.8, 4) is 0 Å². The number of aryl methyl sites for hydroxylation is 1. The lowest BCUT2D eigenvalue weighted by molar-refractivity contribution is -0.255. The maximum absolute atomic E-state index is 12.5. The van der Waals surface area contributed by atoms with Gasteiger partial charge >= 0.3 is 0 Å².